The number of benzene rings is 4. The number of hydrogen-bond donors (Lipinski definition) is 7. The monoisotopic (exact) mass is 1020 g/mol. The Hall–Kier alpha value is -6.30. The third-order valence-electron chi connectivity index (χ3n) is 12.5. The van der Waals surface area contributed by atoms with Crippen molar-refractivity contribution in [3.05, 3.63) is 143 Å². The molecule has 4 aromatic rings. The van der Waals surface area contributed by atoms with Crippen molar-refractivity contribution >= 4 is 35.0 Å². The van der Waals surface area contributed by atoms with E-state index in [0.29, 0.717) is 88.2 Å². The highest BCUT2D eigenvalue weighted by Crippen LogP contribution is 2.31. The molecule has 74 heavy (non-hydrogen) atoms. The van der Waals surface area contributed by atoms with Gasteiger partial charge in [0.1, 0.15) is 0 Å². The summed E-state index contributed by atoms with van der Waals surface area (Å²) in [4.78, 5) is 53.1. The molecule has 0 saturated heterocycles. The van der Waals surface area contributed by atoms with Crippen LogP contribution in [0.3, 0.4) is 0 Å². The third-order valence-corrected chi connectivity index (χ3v) is 12.5. The van der Waals surface area contributed by atoms with E-state index in [0.717, 1.165) is 46.2 Å². The second-order valence-corrected chi connectivity index (χ2v) is 18.4. The molecule has 0 heterocycles. The van der Waals surface area contributed by atoms with E-state index in [1.807, 2.05) is 60.7 Å². The zero-order valence-corrected chi connectivity index (χ0v) is 42.1. The number of ether oxygens (including phenoxy) is 4. The summed E-state index contributed by atoms with van der Waals surface area (Å²) in [7, 11) is 0. The molecule has 0 bridgehead atoms. The Morgan fingerprint density at radius 1 is 0.405 bits per heavy atom. The van der Waals surface area contributed by atoms with E-state index in [-0.39, 0.29) is 75.1 Å². The highest BCUT2D eigenvalue weighted by molar-refractivity contribution is 5.99. The van der Waals surface area contributed by atoms with Crippen LogP contribution in [-0.2, 0) is 18.9 Å². The summed E-state index contributed by atoms with van der Waals surface area (Å²) in [5.74, 6) is -2.41. The van der Waals surface area contributed by atoms with Gasteiger partial charge in [0.05, 0.1) is 86.8 Å². The van der Waals surface area contributed by atoms with E-state index in [1.165, 1.54) is 12.1 Å². The zero-order valence-electron chi connectivity index (χ0n) is 42.1. The zero-order chi connectivity index (χ0) is 53.1. The smallest absolute Gasteiger partial charge is 0.338 e. The first-order valence-electron chi connectivity index (χ1n) is 25.7. The molecular weight excluding hydrogens is 949 g/mol. The van der Waals surface area contributed by atoms with Crippen molar-refractivity contribution in [2.45, 2.75) is 108 Å². The van der Waals surface area contributed by atoms with Crippen LogP contribution in [0.15, 0.2) is 109 Å². The van der Waals surface area contributed by atoms with Gasteiger partial charge in [0.15, 0.2) is 0 Å². The summed E-state index contributed by atoms with van der Waals surface area (Å²) in [6.45, 7) is -0.411. The molecular formula is C59H72O15. The van der Waals surface area contributed by atoms with Gasteiger partial charge in [-0.3, -0.25) is 0 Å². The molecule has 5 rings (SSSR count). The van der Waals surface area contributed by atoms with Gasteiger partial charge in [-0.15, -0.1) is 0 Å². The number of aliphatic hydroxyl groups excluding tert-OH is 7. The third kappa shape index (κ3) is 19.5. The Morgan fingerprint density at radius 2 is 0.757 bits per heavy atom. The van der Waals surface area contributed by atoms with Crippen molar-refractivity contribution in [2.24, 2.45) is 0 Å². The van der Waals surface area contributed by atoms with E-state index in [4.69, 9.17) is 39.4 Å². The van der Waals surface area contributed by atoms with E-state index < -0.39 is 42.2 Å². The van der Waals surface area contributed by atoms with Crippen LogP contribution in [0.5, 0.6) is 0 Å². The normalized spacial score (nSPS) is 13.5. The first-order chi connectivity index (χ1) is 35.9. The molecule has 3 atom stereocenters. The van der Waals surface area contributed by atoms with Gasteiger partial charge in [0.25, 0.3) is 0 Å². The SMILES string of the molecule is O=C(OCCCCCCO)c1cc(C(=O)OCCCCC(O)CO)cc(-c2ccc(C3=CC=C(c4ccc(-c5cc(C(=O)OCCCCC(O)CO)cc(C(=O)OCCCCC(O)CO)c5)cc4)C=CC3)cc2)c1. The topological polar surface area (TPSA) is 247 Å². The molecule has 0 spiro atoms. The molecule has 7 N–H and O–H groups in total. The molecule has 15 heteroatoms. The van der Waals surface area contributed by atoms with Crippen molar-refractivity contribution in [2.75, 3.05) is 52.9 Å². The van der Waals surface area contributed by atoms with E-state index in [1.54, 1.807) is 24.3 Å². The number of hydrogen-bond acceptors (Lipinski definition) is 15. The van der Waals surface area contributed by atoms with Gasteiger partial charge in [-0.25, -0.2) is 19.2 Å². The number of rotatable bonds is 32. The number of allylic oxidation sites excluding steroid dienone is 6. The minimum absolute atomic E-state index is 0.0894. The van der Waals surface area contributed by atoms with E-state index in [9.17, 15) is 34.5 Å². The van der Waals surface area contributed by atoms with Crippen LogP contribution in [0.4, 0.5) is 0 Å². The summed E-state index contributed by atoms with van der Waals surface area (Å²) in [5.41, 5.74) is 7.38. The number of esters is 4. The summed E-state index contributed by atoms with van der Waals surface area (Å²) in [5, 5.41) is 65.2. The number of aliphatic hydroxyl groups is 7. The Labute approximate surface area is 433 Å². The Balaban J connectivity index is 1.31. The summed E-state index contributed by atoms with van der Waals surface area (Å²) < 4.78 is 22.1. The van der Waals surface area contributed by atoms with Crippen molar-refractivity contribution in [3.63, 3.8) is 0 Å². The molecule has 0 radical (unpaired) electrons. The largest absolute Gasteiger partial charge is 0.462 e. The van der Waals surface area contributed by atoms with Crippen molar-refractivity contribution in [1.29, 1.82) is 0 Å². The Kier molecular flexibility index (Phi) is 25.4. The molecule has 398 valence electrons. The highest BCUT2D eigenvalue weighted by atomic mass is 16.5. The van der Waals surface area contributed by atoms with Crippen LogP contribution in [0, 0.1) is 0 Å². The molecule has 15 nitrogen and oxygen atoms in total. The van der Waals surface area contributed by atoms with Crippen LogP contribution < -0.4 is 0 Å². The van der Waals surface area contributed by atoms with Gasteiger partial charge in [-0.05, 0) is 164 Å². The van der Waals surface area contributed by atoms with E-state index >= 15 is 0 Å². The van der Waals surface area contributed by atoms with Crippen molar-refractivity contribution in [1.82, 2.24) is 0 Å². The van der Waals surface area contributed by atoms with Crippen LogP contribution in [0.1, 0.15) is 142 Å². The molecule has 4 aromatic carbocycles. The minimum Gasteiger partial charge on any atom is -0.462 e. The number of unbranched alkanes of at least 4 members (excludes halogenated alkanes) is 6. The van der Waals surface area contributed by atoms with Crippen LogP contribution >= 0.6 is 0 Å². The maximum absolute atomic E-state index is 13.3. The second-order valence-electron chi connectivity index (χ2n) is 18.4. The Morgan fingerprint density at radius 3 is 1.14 bits per heavy atom. The molecule has 1 aliphatic rings. The summed E-state index contributed by atoms with van der Waals surface area (Å²) in [6.07, 6.45) is 13.6. The first-order valence-corrected chi connectivity index (χ1v) is 25.7. The molecule has 0 saturated carbocycles. The summed E-state index contributed by atoms with van der Waals surface area (Å²) in [6, 6.07) is 25.2. The van der Waals surface area contributed by atoms with Crippen LogP contribution in [0.25, 0.3) is 33.4 Å². The Bertz CT molecular complexity index is 2440. The van der Waals surface area contributed by atoms with Crippen molar-refractivity contribution < 1.29 is 73.9 Å². The van der Waals surface area contributed by atoms with E-state index in [2.05, 4.69) is 12.2 Å². The quantitative estimate of drug-likeness (QED) is 0.0138. The lowest BCUT2D eigenvalue weighted by molar-refractivity contribution is 0.0466. The van der Waals surface area contributed by atoms with Gasteiger partial charge in [-0.1, -0.05) is 79.3 Å². The fourth-order valence-corrected chi connectivity index (χ4v) is 8.11. The minimum atomic E-state index is -0.833. The van der Waals surface area contributed by atoms with Crippen LogP contribution in [0.2, 0.25) is 0 Å². The molecule has 0 amide bonds. The lowest BCUT2D eigenvalue weighted by Crippen LogP contribution is -2.13. The predicted octanol–water partition coefficient (Wildman–Crippen LogP) is 8.20. The maximum atomic E-state index is 13.3. The maximum Gasteiger partial charge on any atom is 0.338 e. The lowest BCUT2D eigenvalue weighted by atomic mass is 9.96. The molecule has 0 aromatic heterocycles. The van der Waals surface area contributed by atoms with Crippen molar-refractivity contribution in [3.8, 4) is 22.3 Å². The van der Waals surface area contributed by atoms with Gasteiger partial charge in [0.2, 0.25) is 0 Å². The standard InChI is InChI=1S/C59H72O15/c60-27-6-1-2-7-28-71-56(67)49-32-47(33-50(36-49)57(68)72-29-8-3-14-53(64)38-61)45-23-19-43(20-24-45)41-12-11-13-42(18-17-41)44-21-25-46(26-22-44)48-34-51(58(69)73-30-9-4-15-54(65)39-62)37-52(35-48)59(70)74-31-10-5-16-55(66)40-63/h11,13,17-26,32-37,53-55,60-66H,1-10,12,14-16,27-31,38-40H2. The predicted molar refractivity (Wildman–Crippen MR) is 281 cm³/mol. The fourth-order valence-electron chi connectivity index (χ4n) is 8.11. The van der Waals surface area contributed by atoms with Crippen LogP contribution in [-0.4, -0.2) is 131 Å². The number of carbonyl (C=O) groups excluding carboxylic acids is 4. The number of carbonyl (C=O) groups is 4. The second kappa shape index (κ2) is 32.1. The lowest BCUT2D eigenvalue weighted by Gasteiger charge is -2.12. The first kappa shape index (κ1) is 58.6. The molecule has 0 aliphatic heterocycles. The molecule has 0 fully saturated rings. The summed E-state index contributed by atoms with van der Waals surface area (Å²) >= 11 is 0. The van der Waals surface area contributed by atoms with Gasteiger partial charge in [-0.2, -0.15) is 0 Å². The molecule has 3 unspecified atom stereocenters. The highest BCUT2D eigenvalue weighted by Gasteiger charge is 2.19. The average molecular weight is 1020 g/mol. The average Bonchev–Trinajstić information content (AvgIpc) is 3.69. The van der Waals surface area contributed by atoms with Gasteiger partial charge in [0, 0.05) is 6.61 Å². The molecule has 1 aliphatic carbocycles. The van der Waals surface area contributed by atoms with Gasteiger partial charge < -0.3 is 54.7 Å². The van der Waals surface area contributed by atoms with Gasteiger partial charge >= 0.3 is 23.9 Å². The fraction of sp³-hybridized carbons (Fsp3) is 0.424.